The maximum atomic E-state index is 2.69. The first-order valence-corrected chi connectivity index (χ1v) is 20.8. The highest BCUT2D eigenvalue weighted by molar-refractivity contribution is 6.24. The van der Waals surface area contributed by atoms with Crippen molar-refractivity contribution in [2.45, 2.75) is 110 Å². The molecule has 0 aliphatic heterocycles. The van der Waals surface area contributed by atoms with E-state index in [-0.39, 0.29) is 5.41 Å². The number of fused-ring (bicyclic) bond motifs is 3. The van der Waals surface area contributed by atoms with Crippen molar-refractivity contribution in [3.63, 3.8) is 0 Å². The Labute approximate surface area is 310 Å². The summed E-state index contributed by atoms with van der Waals surface area (Å²) in [6.45, 7) is 14.8. The van der Waals surface area contributed by atoms with Gasteiger partial charge in [-0.25, -0.2) is 0 Å². The molecule has 3 saturated carbocycles. The molecule has 4 aliphatic carbocycles. The minimum atomic E-state index is 0.138. The monoisotopic (exact) mass is 678 g/mol. The highest BCUT2D eigenvalue weighted by Crippen LogP contribution is 2.66. The average Bonchev–Trinajstić information content (AvgIpc) is 3.37. The molecule has 7 aromatic rings. The summed E-state index contributed by atoms with van der Waals surface area (Å²) in [5, 5.41) is 16.3. The predicted octanol–water partition coefficient (Wildman–Crippen LogP) is 13.7. The third-order valence-electron chi connectivity index (χ3n) is 15.8. The number of hydrogen-bond donors (Lipinski definition) is 0. The highest BCUT2D eigenvalue weighted by atomic mass is 14.6. The zero-order valence-electron chi connectivity index (χ0n) is 32.2. The topological polar surface area (TPSA) is 0 Å². The first kappa shape index (κ1) is 31.6. The molecule has 52 heavy (non-hydrogen) atoms. The van der Waals surface area contributed by atoms with Crippen molar-refractivity contribution in [2.24, 2.45) is 29.1 Å². The van der Waals surface area contributed by atoms with Gasteiger partial charge in [0.05, 0.1) is 0 Å². The molecule has 0 amide bonds. The van der Waals surface area contributed by atoms with Gasteiger partial charge in [-0.15, -0.1) is 0 Å². The van der Waals surface area contributed by atoms with Gasteiger partial charge in [-0.05, 0) is 192 Å². The minimum Gasteiger partial charge on any atom is -0.0763 e. The molecule has 262 valence electrons. The molecule has 0 spiro atoms. The van der Waals surface area contributed by atoms with Crippen LogP contribution in [0.3, 0.4) is 0 Å². The van der Waals surface area contributed by atoms with Gasteiger partial charge in [0.1, 0.15) is 0 Å². The lowest BCUT2D eigenvalue weighted by Crippen LogP contribution is -2.32. The van der Waals surface area contributed by atoms with Crippen LogP contribution >= 0.6 is 0 Å². The molecule has 0 aromatic heterocycles. The molecule has 3 fully saturated rings. The van der Waals surface area contributed by atoms with E-state index in [2.05, 4.69) is 126 Å². The van der Waals surface area contributed by atoms with E-state index in [0.29, 0.717) is 17.3 Å². The summed E-state index contributed by atoms with van der Waals surface area (Å²) in [5.41, 5.74) is 8.23. The van der Waals surface area contributed by atoms with Gasteiger partial charge in [0.2, 0.25) is 0 Å². The van der Waals surface area contributed by atoms with Gasteiger partial charge in [-0.1, -0.05) is 120 Å². The van der Waals surface area contributed by atoms with E-state index in [1.54, 1.807) is 32.8 Å². The van der Waals surface area contributed by atoms with E-state index >= 15 is 0 Å². The van der Waals surface area contributed by atoms with Gasteiger partial charge in [-0.3, -0.25) is 0 Å². The molecule has 0 N–H and O–H groups in total. The Bertz CT molecular complexity index is 2620. The van der Waals surface area contributed by atoms with Gasteiger partial charge in [0.25, 0.3) is 0 Å². The summed E-state index contributed by atoms with van der Waals surface area (Å²) in [5.74, 6) is 4.73. The lowest BCUT2D eigenvalue weighted by atomic mass is 9.63. The van der Waals surface area contributed by atoms with Gasteiger partial charge in [0.15, 0.2) is 0 Å². The third kappa shape index (κ3) is 4.33. The van der Waals surface area contributed by atoms with Crippen LogP contribution in [0, 0.1) is 36.0 Å². The van der Waals surface area contributed by atoms with Crippen molar-refractivity contribution in [2.75, 3.05) is 0 Å². The summed E-state index contributed by atoms with van der Waals surface area (Å²) in [6.07, 6.45) is 13.1. The number of aryl methyl sites for hydroxylation is 2. The average molecular weight is 679 g/mol. The first-order chi connectivity index (χ1) is 25.1. The standard InChI is InChI=1S/C52H54/c1-29-24-44(43-23-17-36-26-37(51(2,3)4)25-35-16-18-38(29)50(43)48(35)36)34-15-21-41-40-20-14-33(27-45(40)52(5,6)46(41)28-34)39-19-12-32-11-10-30-8-7-9-31-13-22-42(39)49(32)47(30)31/h9-13,16-19,22-26,33-34,40-41,45-46H,7-8,14-15,20-21,27-28H2,1-6H3/t33?,34-,40+,41-,45+,46?/m0/s1. The zero-order chi connectivity index (χ0) is 35.3. The van der Waals surface area contributed by atoms with Crippen molar-refractivity contribution in [1.29, 1.82) is 0 Å². The van der Waals surface area contributed by atoms with Crippen molar-refractivity contribution in [1.82, 2.24) is 0 Å². The van der Waals surface area contributed by atoms with Crippen molar-refractivity contribution >= 4 is 59.9 Å². The summed E-state index contributed by atoms with van der Waals surface area (Å²) in [7, 11) is 0. The molecular weight excluding hydrogens is 625 g/mol. The number of benzene rings is 7. The molecule has 4 aliphatic rings. The van der Waals surface area contributed by atoms with E-state index in [1.807, 2.05) is 0 Å². The largest absolute Gasteiger partial charge is 0.0763 e. The number of rotatable bonds is 2. The molecule has 7 aromatic carbocycles. The smallest absolute Gasteiger partial charge is 0.00213 e. The highest BCUT2D eigenvalue weighted by Gasteiger charge is 2.57. The Kier molecular flexibility index (Phi) is 6.59. The fourth-order valence-corrected chi connectivity index (χ4v) is 13.2. The number of hydrogen-bond acceptors (Lipinski definition) is 0. The second kappa shape index (κ2) is 10.8. The Morgan fingerprint density at radius 3 is 1.90 bits per heavy atom. The quantitative estimate of drug-likeness (QED) is 0.160. The fraction of sp³-hybridized carbons (Fsp3) is 0.423. The molecular formula is C52H54. The Balaban J connectivity index is 0.941. The van der Waals surface area contributed by atoms with E-state index in [1.165, 1.54) is 105 Å². The van der Waals surface area contributed by atoms with E-state index in [0.717, 1.165) is 23.7 Å². The van der Waals surface area contributed by atoms with Crippen LogP contribution in [0.25, 0.3) is 59.9 Å². The van der Waals surface area contributed by atoms with E-state index in [4.69, 9.17) is 0 Å². The van der Waals surface area contributed by atoms with Crippen molar-refractivity contribution < 1.29 is 0 Å². The molecule has 0 saturated heterocycles. The van der Waals surface area contributed by atoms with Crippen LogP contribution < -0.4 is 5.22 Å². The summed E-state index contributed by atoms with van der Waals surface area (Å²) < 4.78 is 0. The fourth-order valence-electron chi connectivity index (χ4n) is 13.2. The van der Waals surface area contributed by atoms with E-state index in [9.17, 15) is 0 Å². The second-order valence-corrected chi connectivity index (χ2v) is 19.6. The van der Waals surface area contributed by atoms with Crippen LogP contribution in [0.4, 0.5) is 0 Å². The van der Waals surface area contributed by atoms with Crippen LogP contribution in [0.2, 0.25) is 0 Å². The van der Waals surface area contributed by atoms with Crippen LogP contribution in [0.1, 0.15) is 119 Å². The van der Waals surface area contributed by atoms with Gasteiger partial charge < -0.3 is 0 Å². The first-order valence-electron chi connectivity index (χ1n) is 20.8. The molecule has 6 atom stereocenters. The Morgan fingerprint density at radius 1 is 0.577 bits per heavy atom. The van der Waals surface area contributed by atoms with Gasteiger partial charge in [-0.2, -0.15) is 0 Å². The van der Waals surface area contributed by atoms with Crippen molar-refractivity contribution in [3.05, 3.63) is 112 Å². The molecule has 11 rings (SSSR count). The Morgan fingerprint density at radius 2 is 1.19 bits per heavy atom. The molecule has 0 nitrogen and oxygen atoms in total. The summed E-state index contributed by atoms with van der Waals surface area (Å²) in [4.78, 5) is 0. The summed E-state index contributed by atoms with van der Waals surface area (Å²) in [6, 6.07) is 32.0. The normalized spacial score (nSPS) is 27.1. The predicted molar refractivity (Wildman–Crippen MR) is 224 cm³/mol. The third-order valence-corrected chi connectivity index (χ3v) is 15.8. The lowest BCUT2D eigenvalue weighted by molar-refractivity contribution is 0.112. The maximum Gasteiger partial charge on any atom is -0.00213 e. The maximum absolute atomic E-state index is 2.69. The van der Waals surface area contributed by atoms with Crippen LogP contribution in [0.5, 0.6) is 0 Å². The SMILES string of the molecule is Cc1cc([C@H]2CC[C@@H]3C(C2)C(C)(C)[C@@H]2CC(c4ccc5ccc6c7c(ccc4c57)=CCC6)CC[C@H]32)c2ccc3cc(C(C)(C)C)cc4ccc1c2c43. The van der Waals surface area contributed by atoms with Crippen LogP contribution in [-0.4, -0.2) is 0 Å². The van der Waals surface area contributed by atoms with Gasteiger partial charge in [0, 0.05) is 0 Å². The minimum absolute atomic E-state index is 0.138. The van der Waals surface area contributed by atoms with Crippen LogP contribution in [0.15, 0.2) is 78.9 Å². The van der Waals surface area contributed by atoms with Gasteiger partial charge >= 0.3 is 0 Å². The Hall–Kier alpha value is -3.90. The molecule has 0 heterocycles. The lowest BCUT2D eigenvalue weighted by Gasteiger charge is -2.41. The van der Waals surface area contributed by atoms with Crippen LogP contribution in [-0.2, 0) is 11.8 Å². The van der Waals surface area contributed by atoms with Crippen molar-refractivity contribution in [3.8, 4) is 0 Å². The van der Waals surface area contributed by atoms with E-state index < -0.39 is 0 Å². The summed E-state index contributed by atoms with van der Waals surface area (Å²) >= 11 is 0. The molecule has 0 radical (unpaired) electrons. The molecule has 0 heteroatoms. The molecule has 0 bridgehead atoms. The zero-order valence-corrected chi connectivity index (χ0v) is 32.2. The second-order valence-electron chi connectivity index (χ2n) is 19.6. The molecule has 2 unspecified atom stereocenters.